The minimum Gasteiger partial charge on any atom is -0.458 e. The zero-order valence-electron chi connectivity index (χ0n) is 34.5. The quantitative estimate of drug-likeness (QED) is 0.164. The van der Waals surface area contributed by atoms with Gasteiger partial charge in [0.15, 0.2) is 0 Å². The number of ether oxygens (including phenoxy) is 1. The smallest absolute Gasteiger partial charge is 0.458 e. The molecule has 4 heterocycles. The third-order valence-electron chi connectivity index (χ3n) is 11.4. The van der Waals surface area contributed by atoms with Crippen molar-refractivity contribution in [1.82, 2.24) is 30.7 Å². The van der Waals surface area contributed by atoms with Crippen LogP contribution in [0.2, 0.25) is 5.02 Å². The molecular formula is C40H49ClF2N7O12P. The Morgan fingerprint density at radius 1 is 0.921 bits per heavy atom. The van der Waals surface area contributed by atoms with Gasteiger partial charge in [0, 0.05) is 49.3 Å². The van der Waals surface area contributed by atoms with Gasteiger partial charge in [0.05, 0.1) is 6.10 Å². The predicted octanol–water partition coefficient (Wildman–Crippen LogP) is 1.98. The maximum atomic E-state index is 14.9. The Labute approximate surface area is 365 Å². The number of urea groups is 1. The van der Waals surface area contributed by atoms with Gasteiger partial charge in [-0.2, -0.15) is 0 Å². The van der Waals surface area contributed by atoms with E-state index in [2.05, 4.69) is 21.3 Å². The van der Waals surface area contributed by atoms with Crippen LogP contribution in [0.4, 0.5) is 19.3 Å². The third kappa shape index (κ3) is 11.7. The topological polar surface area (TPSA) is 253 Å². The molecule has 0 aliphatic carbocycles. The second-order valence-electron chi connectivity index (χ2n) is 16.4. The summed E-state index contributed by atoms with van der Waals surface area (Å²) < 4.78 is 51.6. The molecule has 23 heteroatoms. The van der Waals surface area contributed by atoms with Gasteiger partial charge < -0.3 is 50.5 Å². The van der Waals surface area contributed by atoms with Crippen molar-refractivity contribution in [3.05, 3.63) is 64.7 Å². The van der Waals surface area contributed by atoms with Crippen LogP contribution in [0.15, 0.2) is 42.5 Å². The van der Waals surface area contributed by atoms with Gasteiger partial charge in [-0.05, 0) is 81.3 Å². The molecule has 0 unspecified atom stereocenters. The van der Waals surface area contributed by atoms with Crippen LogP contribution in [0.1, 0.15) is 58.4 Å². The second-order valence-corrected chi connectivity index (χ2v) is 18.0. The highest BCUT2D eigenvalue weighted by atomic mass is 35.5. The zero-order chi connectivity index (χ0) is 45.9. The molecule has 0 saturated carbocycles. The number of esters is 1. The molecule has 0 radical (unpaired) electrons. The number of phosphoric acid groups is 1. The molecule has 4 aliphatic heterocycles. The van der Waals surface area contributed by atoms with Crippen molar-refractivity contribution in [3.8, 4) is 0 Å². The van der Waals surface area contributed by atoms with Crippen LogP contribution in [-0.4, -0.2) is 134 Å². The standard InChI is InChI=1S/C40H49ClF2N7O12P/c1-20-11-32-39(56)61-22(3)33(47-34(51)29(14-23-12-25(42)16-26(43)13-23)46-40(57)45-27-8-6-7-24(41)15-27)38(55)50-19-28(62-63(58,59)60)17-31(50)37(54)48-10-5-4-9-30(48)35(52)44-21(2)36(53)49(32)18-20/h6-8,12-13,15-16,20-22,28-33H,4-5,9-11,14,17-19H2,1-3H3,(H,44,52)(H,47,51)(H2,45,46,57)(H2,58,59,60)/t20-,21+,22+,28-,29+,30+,31+,32+,33+/m1/s1. The van der Waals surface area contributed by atoms with Crippen molar-refractivity contribution >= 4 is 66.6 Å². The molecule has 0 spiro atoms. The van der Waals surface area contributed by atoms with E-state index in [4.69, 9.17) is 20.9 Å². The highest BCUT2D eigenvalue weighted by Crippen LogP contribution is 2.41. The van der Waals surface area contributed by atoms with E-state index in [1.807, 2.05) is 0 Å². The molecule has 6 rings (SSSR count). The first-order valence-electron chi connectivity index (χ1n) is 20.4. The van der Waals surface area contributed by atoms with Crippen LogP contribution >= 0.6 is 19.4 Å². The first-order chi connectivity index (χ1) is 29.7. The molecule has 0 aromatic heterocycles. The van der Waals surface area contributed by atoms with Crippen LogP contribution < -0.4 is 21.3 Å². The Morgan fingerprint density at radius 3 is 2.30 bits per heavy atom. The summed E-state index contributed by atoms with van der Waals surface area (Å²) in [5, 5.41) is 10.3. The van der Waals surface area contributed by atoms with E-state index in [9.17, 15) is 56.7 Å². The summed E-state index contributed by atoms with van der Waals surface area (Å²) in [4.78, 5) is 122. The summed E-state index contributed by atoms with van der Waals surface area (Å²) in [6.45, 7) is 4.05. The Bertz CT molecular complexity index is 2160. The number of fused-ring (bicyclic) bond motifs is 3. The number of nitrogens with one attached hydrogen (secondary N) is 4. The number of hydrogen-bond acceptors (Lipinski definition) is 10. The zero-order valence-corrected chi connectivity index (χ0v) is 36.2. The largest absolute Gasteiger partial charge is 0.469 e. The molecular weight excluding hydrogens is 875 g/mol. The number of anilines is 1. The fourth-order valence-corrected chi connectivity index (χ4v) is 9.28. The van der Waals surface area contributed by atoms with Crippen molar-refractivity contribution < 1.29 is 66.0 Å². The summed E-state index contributed by atoms with van der Waals surface area (Å²) in [6, 6.07) is -1.13. The van der Waals surface area contributed by atoms with Gasteiger partial charge in [0.2, 0.25) is 29.5 Å². The van der Waals surface area contributed by atoms with Crippen LogP contribution in [0.25, 0.3) is 0 Å². The fraction of sp³-hybridized carbons (Fsp3) is 0.525. The Morgan fingerprint density at radius 2 is 1.62 bits per heavy atom. The monoisotopic (exact) mass is 923 g/mol. The maximum absolute atomic E-state index is 14.9. The Kier molecular flexibility index (Phi) is 14.8. The first-order valence-corrected chi connectivity index (χ1v) is 22.3. The van der Waals surface area contributed by atoms with Crippen molar-refractivity contribution in [2.45, 2.75) is 108 Å². The summed E-state index contributed by atoms with van der Waals surface area (Å²) in [5.74, 6) is -7.46. The van der Waals surface area contributed by atoms with Gasteiger partial charge in [0.1, 0.15) is 54.0 Å². The van der Waals surface area contributed by atoms with E-state index in [0.717, 1.165) is 17.0 Å². The molecule has 19 nitrogen and oxygen atoms in total. The number of amides is 7. The van der Waals surface area contributed by atoms with Crippen molar-refractivity contribution in [2.24, 2.45) is 5.92 Å². The second kappa shape index (κ2) is 19.7. The van der Waals surface area contributed by atoms with Crippen LogP contribution in [0, 0.1) is 17.6 Å². The lowest BCUT2D eigenvalue weighted by Gasteiger charge is -2.39. The number of benzene rings is 2. The minimum atomic E-state index is -5.21. The predicted molar refractivity (Wildman–Crippen MR) is 218 cm³/mol. The van der Waals surface area contributed by atoms with E-state index < -0.39 is 129 Å². The molecule has 342 valence electrons. The molecule has 4 fully saturated rings. The minimum absolute atomic E-state index is 0.0486. The van der Waals surface area contributed by atoms with Gasteiger partial charge in [-0.3, -0.25) is 28.5 Å². The molecule has 2 aromatic carbocycles. The van der Waals surface area contributed by atoms with Crippen molar-refractivity contribution in [1.29, 1.82) is 0 Å². The molecule has 7 amide bonds. The van der Waals surface area contributed by atoms with Gasteiger partial charge in [-0.25, -0.2) is 22.9 Å². The summed E-state index contributed by atoms with van der Waals surface area (Å²) in [5.41, 5.74) is 0.120. The molecule has 4 saturated heterocycles. The number of cyclic esters (lactones) is 1. The lowest BCUT2D eigenvalue weighted by molar-refractivity contribution is -0.163. The maximum Gasteiger partial charge on any atom is 0.469 e. The average Bonchev–Trinajstić information content (AvgIpc) is 3.80. The number of rotatable bonds is 8. The van der Waals surface area contributed by atoms with Gasteiger partial charge in [-0.1, -0.05) is 24.6 Å². The SMILES string of the molecule is C[C@@H]1C[C@H]2C(=O)O[C@@H](C)[C@H](NC(=O)[C@H](Cc3cc(F)cc(F)c3)NC(=O)Nc3cccc(Cl)c3)C(=O)N3C[C@H](OP(=O)(O)O)C[C@H]3C(=O)N3CCCC[C@H]3C(=O)N[C@@H](C)C(=O)N2C1. The number of phosphoric ester groups is 1. The Balaban J connectivity index is 1.39. The number of carbonyl (C=O) groups excluding carboxylic acids is 7. The highest BCUT2D eigenvalue weighted by molar-refractivity contribution is 7.46. The Hall–Kier alpha value is -5.21. The summed E-state index contributed by atoms with van der Waals surface area (Å²) in [6.07, 6.45) is -2.73. The lowest BCUT2D eigenvalue weighted by atomic mass is 9.98. The van der Waals surface area contributed by atoms with E-state index in [0.29, 0.717) is 18.9 Å². The fourth-order valence-electron chi connectivity index (χ4n) is 8.55. The third-order valence-corrected chi connectivity index (χ3v) is 12.2. The number of piperidine rings is 1. The van der Waals surface area contributed by atoms with Gasteiger partial charge >= 0.3 is 19.8 Å². The highest BCUT2D eigenvalue weighted by Gasteiger charge is 2.50. The van der Waals surface area contributed by atoms with Crippen LogP contribution in [0.3, 0.4) is 0 Å². The van der Waals surface area contributed by atoms with E-state index in [-0.39, 0.29) is 48.1 Å². The average molecular weight is 924 g/mol. The molecule has 2 aromatic rings. The number of carbonyl (C=O) groups is 7. The summed E-state index contributed by atoms with van der Waals surface area (Å²) in [7, 11) is -5.21. The van der Waals surface area contributed by atoms with Crippen LogP contribution in [-0.2, 0) is 49.0 Å². The lowest BCUT2D eigenvalue weighted by Crippen LogP contribution is -2.63. The molecule has 4 aliphatic rings. The van der Waals surface area contributed by atoms with E-state index in [1.165, 1.54) is 41.8 Å². The molecule has 63 heavy (non-hydrogen) atoms. The van der Waals surface area contributed by atoms with Crippen LogP contribution in [0.5, 0.6) is 0 Å². The summed E-state index contributed by atoms with van der Waals surface area (Å²) >= 11 is 6.06. The van der Waals surface area contributed by atoms with Gasteiger partial charge in [0.25, 0.3) is 0 Å². The molecule has 6 N–H and O–H groups in total. The first kappa shape index (κ1) is 47.3. The van der Waals surface area contributed by atoms with Crippen molar-refractivity contribution in [3.63, 3.8) is 0 Å². The normalized spacial score (nSPS) is 27.7. The number of hydrogen-bond donors (Lipinski definition) is 6. The van der Waals surface area contributed by atoms with Crippen molar-refractivity contribution in [2.75, 3.05) is 25.0 Å². The molecule has 9 atom stereocenters. The molecule has 0 bridgehead atoms. The number of halogens is 3. The van der Waals surface area contributed by atoms with Gasteiger partial charge in [-0.15, -0.1) is 0 Å². The number of nitrogens with zero attached hydrogens (tertiary/aromatic N) is 3. The van der Waals surface area contributed by atoms with E-state index >= 15 is 0 Å². The van der Waals surface area contributed by atoms with E-state index in [1.54, 1.807) is 13.0 Å².